The zero-order chi connectivity index (χ0) is 21.3. The SMILES string of the molecule is Cc1cc(Oc2ccc3nc(COc4cccc(C#N)c4)n(C)c3c2)cc(C)c1N.Cl.Cl. The maximum Gasteiger partial charge on any atom is 0.147 e. The average molecular weight is 471 g/mol. The van der Waals surface area contributed by atoms with Crippen LogP contribution in [0.15, 0.2) is 54.6 Å². The van der Waals surface area contributed by atoms with Gasteiger partial charge in [0.2, 0.25) is 0 Å². The molecule has 0 bridgehead atoms. The van der Waals surface area contributed by atoms with Gasteiger partial charge in [-0.1, -0.05) is 6.07 Å². The molecule has 0 aliphatic rings. The number of ether oxygens (including phenoxy) is 2. The molecule has 0 amide bonds. The zero-order valence-electron chi connectivity index (χ0n) is 18.0. The van der Waals surface area contributed by atoms with Crippen LogP contribution in [0.1, 0.15) is 22.5 Å². The highest BCUT2D eigenvalue weighted by Crippen LogP contribution is 2.30. The summed E-state index contributed by atoms with van der Waals surface area (Å²) in [6.07, 6.45) is 0. The van der Waals surface area contributed by atoms with E-state index in [9.17, 15) is 0 Å². The summed E-state index contributed by atoms with van der Waals surface area (Å²) in [7, 11) is 1.95. The number of hydrogen-bond acceptors (Lipinski definition) is 5. The summed E-state index contributed by atoms with van der Waals surface area (Å²) >= 11 is 0. The molecule has 0 saturated carbocycles. The fourth-order valence-electron chi connectivity index (χ4n) is 3.35. The first kappa shape index (κ1) is 24.9. The maximum atomic E-state index is 9.02. The third-order valence-electron chi connectivity index (χ3n) is 5.08. The molecule has 0 aliphatic carbocycles. The van der Waals surface area contributed by atoms with E-state index in [2.05, 4.69) is 11.1 Å². The van der Waals surface area contributed by atoms with E-state index >= 15 is 0 Å². The highest BCUT2D eigenvalue weighted by atomic mass is 35.5. The van der Waals surface area contributed by atoms with Crippen molar-refractivity contribution in [1.82, 2.24) is 9.55 Å². The van der Waals surface area contributed by atoms with E-state index in [-0.39, 0.29) is 24.8 Å². The van der Waals surface area contributed by atoms with Crippen LogP contribution < -0.4 is 15.2 Å². The molecule has 4 rings (SSSR count). The number of aromatic nitrogens is 2. The predicted octanol–water partition coefficient (Wildman–Crippen LogP) is 5.86. The van der Waals surface area contributed by atoms with Crippen LogP contribution >= 0.6 is 24.8 Å². The maximum absolute atomic E-state index is 9.02. The molecule has 0 saturated heterocycles. The van der Waals surface area contributed by atoms with E-state index in [4.69, 9.17) is 20.5 Å². The standard InChI is InChI=1S/C24H22N4O2.2ClH/c1-15-9-20(10-16(2)24(15)26)30-19-7-8-21-22(12-19)28(3)23(27-21)14-29-18-6-4-5-17(11-18)13-25;;/h4-12H,14,26H2,1-3H3;2*1H. The van der Waals surface area contributed by atoms with Crippen molar-refractivity contribution in [1.29, 1.82) is 5.26 Å². The van der Waals surface area contributed by atoms with Gasteiger partial charge in [0.15, 0.2) is 0 Å². The van der Waals surface area contributed by atoms with E-state index in [0.717, 1.165) is 45.2 Å². The monoisotopic (exact) mass is 470 g/mol. The first-order chi connectivity index (χ1) is 14.4. The number of nitrogen functional groups attached to an aromatic ring is 1. The predicted molar refractivity (Wildman–Crippen MR) is 131 cm³/mol. The number of nitrogens with two attached hydrogens (primary N) is 1. The fraction of sp³-hybridized carbons (Fsp3) is 0.167. The van der Waals surface area contributed by atoms with Crippen molar-refractivity contribution in [3.63, 3.8) is 0 Å². The van der Waals surface area contributed by atoms with Gasteiger partial charge in [0.1, 0.15) is 29.7 Å². The lowest BCUT2D eigenvalue weighted by Crippen LogP contribution is -2.03. The second-order valence-electron chi connectivity index (χ2n) is 7.24. The molecule has 8 heteroatoms. The summed E-state index contributed by atoms with van der Waals surface area (Å²) in [5.41, 5.74) is 11.2. The number of hydrogen-bond donors (Lipinski definition) is 1. The van der Waals surface area contributed by atoms with Crippen LogP contribution in [0.2, 0.25) is 0 Å². The number of imidazole rings is 1. The minimum atomic E-state index is 0. The molecular weight excluding hydrogens is 447 g/mol. The van der Waals surface area contributed by atoms with Crippen LogP contribution in [0.5, 0.6) is 17.2 Å². The Morgan fingerprint density at radius 2 is 1.69 bits per heavy atom. The summed E-state index contributed by atoms with van der Waals surface area (Å²) in [6.45, 7) is 4.24. The molecule has 2 N–H and O–H groups in total. The second kappa shape index (κ2) is 10.3. The number of fused-ring (bicyclic) bond motifs is 1. The van der Waals surface area contributed by atoms with Crippen molar-refractivity contribution < 1.29 is 9.47 Å². The van der Waals surface area contributed by atoms with Gasteiger partial charge in [0, 0.05) is 18.8 Å². The van der Waals surface area contributed by atoms with Crippen molar-refractivity contribution in [2.24, 2.45) is 7.05 Å². The molecule has 32 heavy (non-hydrogen) atoms. The van der Waals surface area contributed by atoms with Crippen LogP contribution in [-0.2, 0) is 13.7 Å². The molecular formula is C24H24Cl2N4O2. The van der Waals surface area contributed by atoms with Crippen molar-refractivity contribution in [3.05, 3.63) is 77.1 Å². The van der Waals surface area contributed by atoms with E-state index in [0.29, 0.717) is 17.9 Å². The molecule has 0 atom stereocenters. The molecule has 166 valence electrons. The van der Waals surface area contributed by atoms with Crippen molar-refractivity contribution >= 4 is 41.5 Å². The van der Waals surface area contributed by atoms with Gasteiger partial charge >= 0.3 is 0 Å². The lowest BCUT2D eigenvalue weighted by atomic mass is 10.1. The quantitative estimate of drug-likeness (QED) is 0.369. The summed E-state index contributed by atoms with van der Waals surface area (Å²) in [4.78, 5) is 4.66. The summed E-state index contributed by atoms with van der Waals surface area (Å²) in [6, 6.07) is 18.9. The van der Waals surface area contributed by atoms with E-state index in [1.165, 1.54) is 0 Å². The number of nitriles is 1. The highest BCUT2D eigenvalue weighted by molar-refractivity contribution is 5.85. The van der Waals surface area contributed by atoms with Crippen molar-refractivity contribution in [2.75, 3.05) is 5.73 Å². The van der Waals surface area contributed by atoms with Crippen LogP contribution in [-0.4, -0.2) is 9.55 Å². The minimum absolute atomic E-state index is 0. The lowest BCUT2D eigenvalue weighted by Gasteiger charge is -2.11. The van der Waals surface area contributed by atoms with Crippen LogP contribution in [0.4, 0.5) is 5.69 Å². The van der Waals surface area contributed by atoms with Gasteiger partial charge in [-0.25, -0.2) is 4.98 Å². The smallest absolute Gasteiger partial charge is 0.147 e. The van der Waals surface area contributed by atoms with Gasteiger partial charge < -0.3 is 19.8 Å². The van der Waals surface area contributed by atoms with Crippen LogP contribution in [0.3, 0.4) is 0 Å². The van der Waals surface area contributed by atoms with Crippen LogP contribution in [0, 0.1) is 25.2 Å². The van der Waals surface area contributed by atoms with Gasteiger partial charge in [0.25, 0.3) is 0 Å². The molecule has 0 fully saturated rings. The number of aryl methyl sites for hydroxylation is 3. The van der Waals surface area contributed by atoms with E-state index in [1.807, 2.05) is 61.9 Å². The number of halogens is 2. The fourth-order valence-corrected chi connectivity index (χ4v) is 3.35. The average Bonchev–Trinajstić information content (AvgIpc) is 3.06. The minimum Gasteiger partial charge on any atom is -0.486 e. The Bertz CT molecular complexity index is 1270. The summed E-state index contributed by atoms with van der Waals surface area (Å²) in [5, 5.41) is 9.02. The largest absolute Gasteiger partial charge is 0.486 e. The van der Waals surface area contributed by atoms with Gasteiger partial charge in [-0.05, 0) is 67.4 Å². The summed E-state index contributed by atoms with van der Waals surface area (Å²) in [5.74, 6) is 2.90. The Morgan fingerprint density at radius 1 is 0.969 bits per heavy atom. The van der Waals surface area contributed by atoms with Gasteiger partial charge in [0.05, 0.1) is 22.7 Å². The van der Waals surface area contributed by atoms with Gasteiger partial charge in [-0.2, -0.15) is 5.26 Å². The third kappa shape index (κ3) is 5.08. The van der Waals surface area contributed by atoms with Gasteiger partial charge in [-0.3, -0.25) is 0 Å². The normalized spacial score (nSPS) is 10.1. The third-order valence-corrected chi connectivity index (χ3v) is 5.08. The Hall–Kier alpha value is -3.40. The molecule has 1 aromatic heterocycles. The van der Waals surface area contributed by atoms with Crippen LogP contribution in [0.25, 0.3) is 11.0 Å². The molecule has 0 radical (unpaired) electrons. The second-order valence-corrected chi connectivity index (χ2v) is 7.24. The Morgan fingerprint density at radius 3 is 2.38 bits per heavy atom. The molecule has 0 unspecified atom stereocenters. The topological polar surface area (TPSA) is 86.1 Å². The van der Waals surface area contributed by atoms with E-state index < -0.39 is 0 Å². The summed E-state index contributed by atoms with van der Waals surface area (Å²) < 4.78 is 13.9. The molecule has 0 spiro atoms. The number of nitrogens with zero attached hydrogens (tertiary/aromatic N) is 3. The number of anilines is 1. The Kier molecular flexibility index (Phi) is 7.98. The molecule has 6 nitrogen and oxygen atoms in total. The molecule has 1 heterocycles. The number of benzene rings is 3. The molecule has 3 aromatic carbocycles. The first-order valence-corrected chi connectivity index (χ1v) is 9.57. The lowest BCUT2D eigenvalue weighted by molar-refractivity contribution is 0.292. The van der Waals surface area contributed by atoms with Crippen molar-refractivity contribution in [2.45, 2.75) is 20.5 Å². The highest BCUT2D eigenvalue weighted by Gasteiger charge is 2.11. The molecule has 4 aromatic rings. The number of rotatable bonds is 5. The van der Waals surface area contributed by atoms with Gasteiger partial charge in [-0.15, -0.1) is 24.8 Å². The zero-order valence-corrected chi connectivity index (χ0v) is 19.6. The Balaban J connectivity index is 0.00000181. The molecule has 0 aliphatic heterocycles. The first-order valence-electron chi connectivity index (χ1n) is 9.57. The van der Waals surface area contributed by atoms with Crippen molar-refractivity contribution in [3.8, 4) is 23.3 Å². The van der Waals surface area contributed by atoms with E-state index in [1.54, 1.807) is 18.2 Å². The Labute approximate surface area is 199 Å².